The molecule has 2 fully saturated rings. The van der Waals surface area contributed by atoms with Gasteiger partial charge in [0.15, 0.2) is 0 Å². The predicted molar refractivity (Wildman–Crippen MR) is 98.5 cm³/mol. The maximum Gasteiger partial charge on any atom is 0.0722 e. The minimum absolute atomic E-state index is 0.0761. The average molecular weight is 325 g/mol. The lowest BCUT2D eigenvalue weighted by molar-refractivity contribution is 0.0542. The number of anilines is 1. The van der Waals surface area contributed by atoms with Gasteiger partial charge >= 0.3 is 0 Å². The van der Waals surface area contributed by atoms with E-state index in [1.165, 1.54) is 29.5 Å². The molecule has 4 rings (SSSR count). The van der Waals surface area contributed by atoms with Crippen LogP contribution in [0.2, 0.25) is 0 Å². The lowest BCUT2D eigenvalue weighted by Gasteiger charge is -2.42. The van der Waals surface area contributed by atoms with Crippen LogP contribution in [0.3, 0.4) is 0 Å². The Morgan fingerprint density at radius 1 is 1.00 bits per heavy atom. The van der Waals surface area contributed by atoms with Crippen molar-refractivity contribution >= 4 is 16.6 Å². The molecule has 0 spiro atoms. The Labute approximate surface area is 144 Å². The number of aryl methyl sites for hydroxylation is 1. The summed E-state index contributed by atoms with van der Waals surface area (Å²) in [6.07, 6.45) is 6.17. The van der Waals surface area contributed by atoms with E-state index >= 15 is 0 Å². The highest BCUT2D eigenvalue weighted by molar-refractivity contribution is 5.92. The van der Waals surface area contributed by atoms with Gasteiger partial charge in [-0.3, -0.25) is 4.98 Å². The summed E-state index contributed by atoms with van der Waals surface area (Å²) >= 11 is 0. The monoisotopic (exact) mass is 325 g/mol. The molecule has 0 unspecified atom stereocenters. The first-order chi connectivity index (χ1) is 11.7. The molecule has 3 heterocycles. The molecular formula is C20H27N3O. The van der Waals surface area contributed by atoms with Crippen molar-refractivity contribution in [1.29, 1.82) is 0 Å². The van der Waals surface area contributed by atoms with Crippen LogP contribution in [-0.4, -0.2) is 53.3 Å². The number of hydrogen-bond acceptors (Lipinski definition) is 4. The van der Waals surface area contributed by atoms with Gasteiger partial charge in [-0.25, -0.2) is 0 Å². The molecule has 2 aromatic rings. The summed E-state index contributed by atoms with van der Waals surface area (Å²) in [6.45, 7) is 6.48. The van der Waals surface area contributed by atoms with Gasteiger partial charge < -0.3 is 14.9 Å². The molecule has 4 nitrogen and oxygen atoms in total. The van der Waals surface area contributed by atoms with Gasteiger partial charge in [0, 0.05) is 49.5 Å². The maximum atomic E-state index is 9.70. The molecule has 128 valence electrons. The third-order valence-electron chi connectivity index (χ3n) is 5.69. The van der Waals surface area contributed by atoms with Gasteiger partial charge in [0.05, 0.1) is 11.6 Å². The molecule has 0 bridgehead atoms. The van der Waals surface area contributed by atoms with Gasteiger partial charge in [0.2, 0.25) is 0 Å². The number of aromatic nitrogens is 1. The van der Waals surface area contributed by atoms with E-state index in [0.717, 1.165) is 44.5 Å². The van der Waals surface area contributed by atoms with Gasteiger partial charge in [-0.05, 0) is 50.8 Å². The Morgan fingerprint density at radius 3 is 2.50 bits per heavy atom. The van der Waals surface area contributed by atoms with Gasteiger partial charge in [0.1, 0.15) is 0 Å². The van der Waals surface area contributed by atoms with E-state index in [1.54, 1.807) is 0 Å². The smallest absolute Gasteiger partial charge is 0.0722 e. The van der Waals surface area contributed by atoms with E-state index in [9.17, 15) is 5.11 Å². The van der Waals surface area contributed by atoms with E-state index < -0.39 is 0 Å². The molecule has 1 aromatic heterocycles. The first-order valence-corrected chi connectivity index (χ1v) is 9.23. The number of piperidine rings is 2. The maximum absolute atomic E-state index is 9.70. The Morgan fingerprint density at radius 2 is 1.75 bits per heavy atom. The summed E-state index contributed by atoms with van der Waals surface area (Å²) < 4.78 is 0. The number of aliphatic hydroxyl groups excluding tert-OH is 1. The van der Waals surface area contributed by atoms with Crippen molar-refractivity contribution in [2.75, 3.05) is 31.1 Å². The van der Waals surface area contributed by atoms with Crippen LogP contribution in [0.25, 0.3) is 10.9 Å². The molecule has 1 N–H and O–H groups in total. The molecule has 0 amide bonds. The Kier molecular flexibility index (Phi) is 4.42. The van der Waals surface area contributed by atoms with Crippen LogP contribution in [-0.2, 0) is 0 Å². The van der Waals surface area contributed by atoms with E-state index in [1.807, 2.05) is 6.20 Å². The molecular weight excluding hydrogens is 298 g/mol. The lowest BCUT2D eigenvalue weighted by atomic mass is 9.98. The van der Waals surface area contributed by atoms with Crippen LogP contribution in [0.15, 0.2) is 30.5 Å². The van der Waals surface area contributed by atoms with Crippen LogP contribution in [0.1, 0.15) is 31.2 Å². The van der Waals surface area contributed by atoms with Gasteiger partial charge in [-0.2, -0.15) is 0 Å². The van der Waals surface area contributed by atoms with E-state index in [4.69, 9.17) is 0 Å². The molecule has 4 heteroatoms. The van der Waals surface area contributed by atoms with Crippen molar-refractivity contribution in [2.45, 2.75) is 44.8 Å². The second kappa shape index (κ2) is 6.69. The van der Waals surface area contributed by atoms with Crippen molar-refractivity contribution in [3.63, 3.8) is 0 Å². The van der Waals surface area contributed by atoms with Crippen molar-refractivity contribution in [1.82, 2.24) is 9.88 Å². The van der Waals surface area contributed by atoms with E-state index in [-0.39, 0.29) is 6.10 Å². The Bertz CT molecular complexity index is 701. The quantitative estimate of drug-likeness (QED) is 0.921. The summed E-state index contributed by atoms with van der Waals surface area (Å²) in [6, 6.07) is 9.37. The molecule has 2 aliphatic heterocycles. The number of pyridine rings is 1. The fraction of sp³-hybridized carbons (Fsp3) is 0.550. The fourth-order valence-electron chi connectivity index (χ4n) is 4.24. The summed E-state index contributed by atoms with van der Waals surface area (Å²) in [7, 11) is 0. The topological polar surface area (TPSA) is 39.6 Å². The van der Waals surface area contributed by atoms with E-state index in [2.05, 4.69) is 46.0 Å². The van der Waals surface area contributed by atoms with Crippen molar-refractivity contribution in [3.05, 3.63) is 36.0 Å². The predicted octanol–water partition coefficient (Wildman–Crippen LogP) is 2.97. The number of fused-ring (bicyclic) bond motifs is 1. The number of rotatable bonds is 2. The van der Waals surface area contributed by atoms with Crippen molar-refractivity contribution in [2.24, 2.45) is 0 Å². The third kappa shape index (κ3) is 3.13. The van der Waals surface area contributed by atoms with Crippen LogP contribution in [0.4, 0.5) is 5.69 Å². The standard InChI is InChI=1S/C20H27N3O/c1-15-2-3-19-18(14-15)20(4-9-21-19)23-10-5-16(6-11-23)22-12-7-17(24)8-13-22/h2-4,9,14,16-17,24H,5-8,10-13H2,1H3. The molecule has 1 aromatic carbocycles. The number of hydrogen-bond donors (Lipinski definition) is 1. The first kappa shape index (κ1) is 15.9. The Balaban J connectivity index is 1.47. The largest absolute Gasteiger partial charge is 0.393 e. The van der Waals surface area contributed by atoms with Crippen LogP contribution in [0, 0.1) is 6.92 Å². The minimum Gasteiger partial charge on any atom is -0.393 e. The molecule has 0 radical (unpaired) electrons. The third-order valence-corrected chi connectivity index (χ3v) is 5.69. The first-order valence-electron chi connectivity index (χ1n) is 9.23. The highest BCUT2D eigenvalue weighted by atomic mass is 16.3. The van der Waals surface area contributed by atoms with E-state index in [0.29, 0.717) is 6.04 Å². The van der Waals surface area contributed by atoms with Gasteiger partial charge in [0.25, 0.3) is 0 Å². The highest BCUT2D eigenvalue weighted by Crippen LogP contribution is 2.30. The molecule has 0 atom stereocenters. The van der Waals surface area contributed by atoms with Gasteiger partial charge in [-0.1, -0.05) is 11.6 Å². The summed E-state index contributed by atoms with van der Waals surface area (Å²) in [4.78, 5) is 9.64. The fourth-order valence-corrected chi connectivity index (χ4v) is 4.24. The molecule has 24 heavy (non-hydrogen) atoms. The van der Waals surface area contributed by atoms with Crippen molar-refractivity contribution in [3.8, 4) is 0 Å². The number of aliphatic hydroxyl groups is 1. The number of nitrogens with zero attached hydrogens (tertiary/aromatic N) is 3. The molecule has 2 saturated heterocycles. The van der Waals surface area contributed by atoms with Crippen LogP contribution < -0.4 is 4.90 Å². The minimum atomic E-state index is -0.0761. The van der Waals surface area contributed by atoms with Crippen molar-refractivity contribution < 1.29 is 5.11 Å². The second-order valence-electron chi connectivity index (χ2n) is 7.34. The summed E-state index contributed by atoms with van der Waals surface area (Å²) in [5.41, 5.74) is 3.71. The SMILES string of the molecule is Cc1ccc2nccc(N3CCC(N4CCC(O)CC4)CC3)c2c1. The zero-order valence-electron chi connectivity index (χ0n) is 14.5. The number of likely N-dealkylation sites (tertiary alicyclic amines) is 1. The average Bonchev–Trinajstić information content (AvgIpc) is 2.62. The summed E-state index contributed by atoms with van der Waals surface area (Å²) in [5, 5.41) is 11.0. The Hall–Kier alpha value is -1.65. The zero-order valence-corrected chi connectivity index (χ0v) is 14.5. The highest BCUT2D eigenvalue weighted by Gasteiger charge is 2.28. The molecule has 2 aliphatic rings. The molecule has 0 aliphatic carbocycles. The zero-order chi connectivity index (χ0) is 16.5. The second-order valence-corrected chi connectivity index (χ2v) is 7.34. The molecule has 0 saturated carbocycles. The lowest BCUT2D eigenvalue weighted by Crippen LogP contribution is -2.48. The number of benzene rings is 1. The van der Waals surface area contributed by atoms with Crippen LogP contribution in [0.5, 0.6) is 0 Å². The van der Waals surface area contributed by atoms with Gasteiger partial charge in [-0.15, -0.1) is 0 Å². The normalized spacial score (nSPS) is 21.5. The van der Waals surface area contributed by atoms with Crippen LogP contribution >= 0.6 is 0 Å². The summed E-state index contributed by atoms with van der Waals surface area (Å²) in [5.74, 6) is 0.